The molecule has 0 aliphatic heterocycles. The fourth-order valence-electron chi connectivity index (χ4n) is 1.85. The van der Waals surface area contributed by atoms with Crippen molar-refractivity contribution in [3.8, 4) is 5.75 Å². The number of para-hydroxylation sites is 1. The Morgan fingerprint density at radius 2 is 2.00 bits per heavy atom. The molecule has 1 aromatic rings. The molecule has 4 nitrogen and oxygen atoms in total. The van der Waals surface area contributed by atoms with Crippen molar-refractivity contribution in [3.05, 3.63) is 29.8 Å². The number of nitrogens with one attached hydrogen (secondary N) is 1. The fraction of sp³-hybridized carbons (Fsp3) is 0.588. The number of hydrogen-bond donors (Lipinski definition) is 2. The van der Waals surface area contributed by atoms with Gasteiger partial charge in [0.1, 0.15) is 18.5 Å². The van der Waals surface area contributed by atoms with Gasteiger partial charge in [0.25, 0.3) is 0 Å². The van der Waals surface area contributed by atoms with Crippen LogP contribution in [0, 0.1) is 0 Å². The van der Waals surface area contributed by atoms with E-state index in [4.69, 9.17) is 4.74 Å². The molecule has 0 heterocycles. The van der Waals surface area contributed by atoms with Gasteiger partial charge in [-0.1, -0.05) is 19.1 Å². The predicted octanol–water partition coefficient (Wildman–Crippen LogP) is 2.80. The van der Waals surface area contributed by atoms with Crippen LogP contribution in [0.15, 0.2) is 24.3 Å². The van der Waals surface area contributed by atoms with E-state index in [2.05, 4.69) is 5.32 Å². The van der Waals surface area contributed by atoms with Gasteiger partial charge in [-0.15, -0.1) is 0 Å². The monoisotopic (exact) mass is 293 g/mol. The second-order valence-electron chi connectivity index (χ2n) is 6.27. The van der Waals surface area contributed by atoms with E-state index < -0.39 is 6.10 Å². The summed E-state index contributed by atoms with van der Waals surface area (Å²) in [6.07, 6.45) is 0.707. The molecule has 0 fully saturated rings. The number of aliphatic hydroxyl groups is 1. The number of ether oxygens (including phenoxy) is 1. The summed E-state index contributed by atoms with van der Waals surface area (Å²) in [4.78, 5) is 12.0. The van der Waals surface area contributed by atoms with Crippen LogP contribution >= 0.6 is 0 Å². The summed E-state index contributed by atoms with van der Waals surface area (Å²) < 4.78 is 5.62. The molecule has 4 heteroatoms. The van der Waals surface area contributed by atoms with Gasteiger partial charge in [-0.3, -0.25) is 4.79 Å². The molecule has 1 aromatic carbocycles. The predicted molar refractivity (Wildman–Crippen MR) is 84.9 cm³/mol. The molecule has 0 bridgehead atoms. The van der Waals surface area contributed by atoms with Crippen molar-refractivity contribution in [2.75, 3.05) is 13.2 Å². The van der Waals surface area contributed by atoms with E-state index >= 15 is 0 Å². The quantitative estimate of drug-likeness (QED) is 0.724. The van der Waals surface area contributed by atoms with Crippen LogP contribution in [0.2, 0.25) is 0 Å². The number of hydrogen-bond acceptors (Lipinski definition) is 4. The molecular weight excluding hydrogens is 266 g/mol. The third-order valence-electron chi connectivity index (χ3n) is 2.96. The van der Waals surface area contributed by atoms with Gasteiger partial charge < -0.3 is 15.2 Å². The van der Waals surface area contributed by atoms with Crippen LogP contribution in [0.3, 0.4) is 0 Å². The number of aliphatic hydroxyl groups excluding tert-OH is 1. The van der Waals surface area contributed by atoms with Crippen molar-refractivity contribution in [1.29, 1.82) is 0 Å². The van der Waals surface area contributed by atoms with Crippen molar-refractivity contribution in [2.45, 2.75) is 52.2 Å². The standard InChI is InChI=1S/C17H27NO3/c1-5-8-15(20)14-9-6-7-10-16(14)21-12-13(19)11-18-17(2,3)4/h6-7,9-10,13,18-19H,5,8,11-12H2,1-4H3. The van der Waals surface area contributed by atoms with E-state index in [0.29, 0.717) is 24.3 Å². The Hall–Kier alpha value is -1.39. The second-order valence-corrected chi connectivity index (χ2v) is 6.27. The molecule has 0 saturated carbocycles. The van der Waals surface area contributed by atoms with Gasteiger partial charge in [-0.2, -0.15) is 0 Å². The van der Waals surface area contributed by atoms with Crippen molar-refractivity contribution < 1.29 is 14.6 Å². The zero-order valence-electron chi connectivity index (χ0n) is 13.5. The molecule has 118 valence electrons. The van der Waals surface area contributed by atoms with Gasteiger partial charge >= 0.3 is 0 Å². The zero-order valence-corrected chi connectivity index (χ0v) is 13.5. The Bertz CT molecular complexity index is 452. The fourth-order valence-corrected chi connectivity index (χ4v) is 1.85. The van der Waals surface area contributed by atoms with E-state index in [1.54, 1.807) is 12.1 Å². The second kappa shape index (κ2) is 8.15. The van der Waals surface area contributed by atoms with E-state index in [9.17, 15) is 9.90 Å². The van der Waals surface area contributed by atoms with E-state index in [-0.39, 0.29) is 17.9 Å². The lowest BCUT2D eigenvalue weighted by Gasteiger charge is -2.23. The molecule has 0 radical (unpaired) electrons. The summed E-state index contributed by atoms with van der Waals surface area (Å²) in [7, 11) is 0. The highest BCUT2D eigenvalue weighted by molar-refractivity contribution is 5.98. The molecule has 0 aromatic heterocycles. The van der Waals surface area contributed by atoms with Gasteiger partial charge in [0.2, 0.25) is 0 Å². The maximum atomic E-state index is 12.0. The Labute approximate surface area is 127 Å². The Balaban J connectivity index is 2.57. The van der Waals surface area contributed by atoms with Crippen LogP contribution in [-0.4, -0.2) is 35.7 Å². The van der Waals surface area contributed by atoms with Gasteiger partial charge in [0, 0.05) is 18.5 Å². The Morgan fingerprint density at radius 3 is 2.62 bits per heavy atom. The maximum absolute atomic E-state index is 12.0. The number of β-amino-alcohol motifs (C(OH)–C–C–N with tert-alkyl or cyclic N) is 1. The lowest BCUT2D eigenvalue weighted by Crippen LogP contribution is -2.42. The molecule has 0 amide bonds. The molecule has 1 atom stereocenters. The lowest BCUT2D eigenvalue weighted by molar-refractivity contribution is 0.0932. The summed E-state index contributed by atoms with van der Waals surface area (Å²) in [6, 6.07) is 7.20. The minimum atomic E-state index is -0.612. The average molecular weight is 293 g/mol. The number of ketones is 1. The SMILES string of the molecule is CCCC(=O)c1ccccc1OCC(O)CNC(C)(C)C. The molecular formula is C17H27NO3. The average Bonchev–Trinajstić information content (AvgIpc) is 2.42. The number of carbonyl (C=O) groups is 1. The van der Waals surface area contributed by atoms with E-state index in [0.717, 1.165) is 6.42 Å². The molecule has 1 unspecified atom stereocenters. The number of rotatable bonds is 8. The van der Waals surface area contributed by atoms with E-state index in [1.165, 1.54) is 0 Å². The van der Waals surface area contributed by atoms with Gasteiger partial charge in [-0.25, -0.2) is 0 Å². The Kier molecular flexibility index (Phi) is 6.85. The summed E-state index contributed by atoms with van der Waals surface area (Å²) in [5, 5.41) is 13.2. The molecule has 21 heavy (non-hydrogen) atoms. The molecule has 0 aliphatic carbocycles. The molecule has 0 spiro atoms. The summed E-state index contributed by atoms with van der Waals surface area (Å²) in [5.74, 6) is 0.626. The Morgan fingerprint density at radius 1 is 1.33 bits per heavy atom. The van der Waals surface area contributed by atoms with Crippen LogP contribution in [0.1, 0.15) is 50.9 Å². The highest BCUT2D eigenvalue weighted by Crippen LogP contribution is 2.20. The van der Waals surface area contributed by atoms with Crippen LogP contribution in [0.4, 0.5) is 0 Å². The van der Waals surface area contributed by atoms with Gasteiger partial charge in [-0.05, 0) is 39.3 Å². The third kappa shape index (κ3) is 6.74. The normalized spacial score (nSPS) is 13.0. The highest BCUT2D eigenvalue weighted by atomic mass is 16.5. The van der Waals surface area contributed by atoms with Gasteiger partial charge in [0.05, 0.1) is 5.56 Å². The first-order valence-corrected chi connectivity index (χ1v) is 7.51. The van der Waals surface area contributed by atoms with Crippen molar-refractivity contribution in [3.63, 3.8) is 0 Å². The first kappa shape index (κ1) is 17.7. The van der Waals surface area contributed by atoms with Crippen molar-refractivity contribution in [2.24, 2.45) is 0 Å². The summed E-state index contributed by atoms with van der Waals surface area (Å²) in [5.41, 5.74) is 0.547. The molecule has 2 N–H and O–H groups in total. The first-order chi connectivity index (χ1) is 9.83. The summed E-state index contributed by atoms with van der Waals surface area (Å²) in [6.45, 7) is 8.72. The molecule has 0 aliphatic rings. The van der Waals surface area contributed by atoms with Crippen LogP contribution in [0.5, 0.6) is 5.75 Å². The zero-order chi connectivity index (χ0) is 15.9. The van der Waals surface area contributed by atoms with Crippen molar-refractivity contribution in [1.82, 2.24) is 5.32 Å². The highest BCUT2D eigenvalue weighted by Gasteiger charge is 2.15. The van der Waals surface area contributed by atoms with Crippen molar-refractivity contribution >= 4 is 5.78 Å². The minimum Gasteiger partial charge on any atom is -0.490 e. The first-order valence-electron chi connectivity index (χ1n) is 7.51. The van der Waals surface area contributed by atoms with E-state index in [1.807, 2.05) is 39.8 Å². The number of benzene rings is 1. The molecule has 1 rings (SSSR count). The number of carbonyl (C=O) groups excluding carboxylic acids is 1. The van der Waals surface area contributed by atoms with Crippen LogP contribution in [0.25, 0.3) is 0 Å². The largest absolute Gasteiger partial charge is 0.490 e. The van der Waals surface area contributed by atoms with Gasteiger partial charge in [0.15, 0.2) is 5.78 Å². The van der Waals surface area contributed by atoms with Crippen LogP contribution in [-0.2, 0) is 0 Å². The summed E-state index contributed by atoms with van der Waals surface area (Å²) >= 11 is 0. The maximum Gasteiger partial charge on any atom is 0.166 e. The lowest BCUT2D eigenvalue weighted by atomic mass is 10.1. The minimum absolute atomic E-state index is 0.0457. The smallest absolute Gasteiger partial charge is 0.166 e. The van der Waals surface area contributed by atoms with Crippen LogP contribution < -0.4 is 10.1 Å². The number of Topliss-reactive ketones (excluding diaryl/α,β-unsaturated/α-hetero) is 1. The molecule has 0 saturated heterocycles. The topological polar surface area (TPSA) is 58.6 Å². The third-order valence-corrected chi connectivity index (χ3v) is 2.96.